The molecular formula is C63H43N. The monoisotopic (exact) mass is 813 g/mol. The number of rotatable bonds is 8. The normalized spacial score (nSPS) is 12.5. The fourth-order valence-corrected chi connectivity index (χ4v) is 10.4. The molecule has 0 amide bonds. The molecular weight excluding hydrogens is 771 g/mol. The van der Waals surface area contributed by atoms with Gasteiger partial charge in [-0.15, -0.1) is 0 Å². The van der Waals surface area contributed by atoms with Gasteiger partial charge < -0.3 is 4.90 Å². The van der Waals surface area contributed by atoms with E-state index in [1.54, 1.807) is 0 Å². The van der Waals surface area contributed by atoms with E-state index in [4.69, 9.17) is 0 Å². The summed E-state index contributed by atoms with van der Waals surface area (Å²) in [6, 6.07) is 95.9. The van der Waals surface area contributed by atoms with Crippen LogP contribution in [0.25, 0.3) is 66.1 Å². The van der Waals surface area contributed by atoms with Gasteiger partial charge >= 0.3 is 0 Å². The predicted octanol–water partition coefficient (Wildman–Crippen LogP) is 16.8. The van der Waals surface area contributed by atoms with Gasteiger partial charge in [0.05, 0.1) is 11.1 Å². The molecule has 0 radical (unpaired) electrons. The van der Waals surface area contributed by atoms with Crippen LogP contribution in [0.2, 0.25) is 0 Å². The summed E-state index contributed by atoms with van der Waals surface area (Å²) in [5.74, 6) is 0. The van der Waals surface area contributed by atoms with Crippen molar-refractivity contribution in [2.45, 2.75) is 5.41 Å². The number of hydrogen-bond acceptors (Lipinski definition) is 1. The molecule has 64 heavy (non-hydrogen) atoms. The highest BCUT2D eigenvalue weighted by molar-refractivity contribution is 5.99. The van der Waals surface area contributed by atoms with Gasteiger partial charge in [-0.2, -0.15) is 0 Å². The van der Waals surface area contributed by atoms with Crippen LogP contribution in [0.15, 0.2) is 261 Å². The van der Waals surface area contributed by atoms with Gasteiger partial charge in [0.2, 0.25) is 0 Å². The molecule has 0 fully saturated rings. The average Bonchev–Trinajstić information content (AvgIpc) is 3.69. The molecule has 0 N–H and O–H groups in total. The minimum atomic E-state index is -0.511. The van der Waals surface area contributed by atoms with Gasteiger partial charge in [-0.25, -0.2) is 0 Å². The highest BCUT2D eigenvalue weighted by Crippen LogP contribution is 2.59. The van der Waals surface area contributed by atoms with Crippen LogP contribution < -0.4 is 4.90 Å². The van der Waals surface area contributed by atoms with E-state index in [1.165, 1.54) is 82.7 Å². The summed E-state index contributed by atoms with van der Waals surface area (Å²) < 4.78 is 0. The lowest BCUT2D eigenvalue weighted by molar-refractivity contribution is 0.768. The first kappa shape index (κ1) is 37.5. The van der Waals surface area contributed by atoms with E-state index in [0.29, 0.717) is 0 Å². The van der Waals surface area contributed by atoms with Crippen molar-refractivity contribution >= 4 is 38.6 Å². The average molecular weight is 814 g/mol. The van der Waals surface area contributed by atoms with Crippen LogP contribution in [0, 0.1) is 0 Å². The van der Waals surface area contributed by atoms with E-state index in [0.717, 1.165) is 22.6 Å². The molecule has 0 spiro atoms. The molecule has 12 rings (SSSR count). The van der Waals surface area contributed by atoms with Crippen molar-refractivity contribution in [3.05, 3.63) is 283 Å². The smallest absolute Gasteiger partial charge is 0.0714 e. The van der Waals surface area contributed by atoms with E-state index < -0.39 is 5.41 Å². The summed E-state index contributed by atoms with van der Waals surface area (Å²) in [5, 5.41) is 5.00. The molecule has 0 aliphatic heterocycles. The molecule has 0 heterocycles. The van der Waals surface area contributed by atoms with E-state index in [2.05, 4.69) is 266 Å². The van der Waals surface area contributed by atoms with Crippen molar-refractivity contribution in [1.29, 1.82) is 0 Å². The lowest BCUT2D eigenvalue weighted by Crippen LogP contribution is -2.28. The molecule has 11 aromatic rings. The van der Waals surface area contributed by atoms with Gasteiger partial charge in [0.25, 0.3) is 0 Å². The van der Waals surface area contributed by atoms with Crippen LogP contribution in [0.4, 0.5) is 17.1 Å². The van der Waals surface area contributed by atoms with Crippen molar-refractivity contribution in [3.8, 4) is 44.5 Å². The van der Waals surface area contributed by atoms with Crippen molar-refractivity contribution in [3.63, 3.8) is 0 Å². The van der Waals surface area contributed by atoms with E-state index in [9.17, 15) is 0 Å². The van der Waals surface area contributed by atoms with E-state index in [-0.39, 0.29) is 0 Å². The SMILES string of the molecule is c1ccc(C2(c3ccccc3)c3ccccc3-c3c(N(c4ccc(-c5cccc6ccccc56)cc4)c4cccc(-c5ccc(-c6ccc7ccccc7c6)cc5)c4)cccc32)cc1. The third kappa shape index (κ3) is 6.16. The van der Waals surface area contributed by atoms with Crippen LogP contribution in [0.3, 0.4) is 0 Å². The standard InChI is InChI=1S/C63H43N/c1-3-21-52(22-4-1)63(53-23-5-2-6-24-53)59-29-12-11-27-58(59)62-60(63)30-15-31-61(62)64(54-40-38-48(39-41-54)57-28-14-19-47-17-9-10-26-56(47)57)55-25-13-20-50(43-55)45-32-34-46(35-33-45)51-37-36-44-16-7-8-18-49(44)42-51/h1-43H. The Morgan fingerprint density at radius 2 is 0.812 bits per heavy atom. The summed E-state index contributed by atoms with van der Waals surface area (Å²) in [7, 11) is 0. The largest absolute Gasteiger partial charge is 0.310 e. The van der Waals surface area contributed by atoms with Crippen LogP contribution in [0.5, 0.6) is 0 Å². The minimum Gasteiger partial charge on any atom is -0.310 e. The van der Waals surface area contributed by atoms with Gasteiger partial charge in [0.15, 0.2) is 0 Å². The lowest BCUT2D eigenvalue weighted by Gasteiger charge is -2.34. The Hall–Kier alpha value is -8.26. The molecule has 1 aliphatic carbocycles. The predicted molar refractivity (Wildman–Crippen MR) is 270 cm³/mol. The summed E-state index contributed by atoms with van der Waals surface area (Å²) in [4.78, 5) is 2.47. The van der Waals surface area contributed by atoms with Gasteiger partial charge in [0.1, 0.15) is 0 Å². The molecule has 11 aromatic carbocycles. The van der Waals surface area contributed by atoms with Crippen LogP contribution in [-0.4, -0.2) is 0 Å². The molecule has 0 saturated heterocycles. The highest BCUT2D eigenvalue weighted by atomic mass is 15.1. The fraction of sp³-hybridized carbons (Fsp3) is 0.0159. The molecule has 1 aliphatic rings. The van der Waals surface area contributed by atoms with Crippen LogP contribution >= 0.6 is 0 Å². The van der Waals surface area contributed by atoms with E-state index >= 15 is 0 Å². The highest BCUT2D eigenvalue weighted by Gasteiger charge is 2.47. The molecule has 0 unspecified atom stereocenters. The topological polar surface area (TPSA) is 3.24 Å². The Morgan fingerprint density at radius 3 is 1.56 bits per heavy atom. The Labute approximate surface area is 374 Å². The number of anilines is 3. The fourth-order valence-electron chi connectivity index (χ4n) is 10.4. The number of benzene rings is 11. The third-order valence-corrected chi connectivity index (χ3v) is 13.3. The zero-order chi connectivity index (χ0) is 42.5. The van der Waals surface area contributed by atoms with Crippen molar-refractivity contribution in [2.24, 2.45) is 0 Å². The van der Waals surface area contributed by atoms with Gasteiger partial charge in [-0.1, -0.05) is 224 Å². The second-order valence-electron chi connectivity index (χ2n) is 16.8. The summed E-state index contributed by atoms with van der Waals surface area (Å²) in [5.41, 5.74) is 17.6. The quantitative estimate of drug-likeness (QED) is 0.148. The number of fused-ring (bicyclic) bond motifs is 5. The van der Waals surface area contributed by atoms with E-state index in [1.807, 2.05) is 0 Å². The molecule has 0 atom stereocenters. The van der Waals surface area contributed by atoms with Crippen molar-refractivity contribution in [1.82, 2.24) is 0 Å². The number of nitrogens with zero attached hydrogens (tertiary/aromatic N) is 1. The van der Waals surface area contributed by atoms with Gasteiger partial charge in [-0.05, 0) is 119 Å². The number of hydrogen-bond donors (Lipinski definition) is 0. The summed E-state index contributed by atoms with van der Waals surface area (Å²) in [6.07, 6.45) is 0. The Kier molecular flexibility index (Phi) is 9.13. The van der Waals surface area contributed by atoms with Gasteiger partial charge in [-0.3, -0.25) is 0 Å². The zero-order valence-electron chi connectivity index (χ0n) is 35.3. The summed E-state index contributed by atoms with van der Waals surface area (Å²) in [6.45, 7) is 0. The first-order valence-corrected chi connectivity index (χ1v) is 22.2. The summed E-state index contributed by atoms with van der Waals surface area (Å²) >= 11 is 0. The van der Waals surface area contributed by atoms with Crippen molar-refractivity contribution < 1.29 is 0 Å². The maximum atomic E-state index is 2.47. The zero-order valence-corrected chi connectivity index (χ0v) is 35.3. The first-order chi connectivity index (χ1) is 31.7. The van der Waals surface area contributed by atoms with Crippen LogP contribution in [-0.2, 0) is 5.41 Å². The maximum Gasteiger partial charge on any atom is 0.0714 e. The maximum absolute atomic E-state index is 2.47. The molecule has 0 aromatic heterocycles. The molecule has 1 heteroatoms. The van der Waals surface area contributed by atoms with Crippen molar-refractivity contribution in [2.75, 3.05) is 4.90 Å². The lowest BCUT2D eigenvalue weighted by atomic mass is 9.68. The third-order valence-electron chi connectivity index (χ3n) is 13.3. The van der Waals surface area contributed by atoms with Gasteiger partial charge in [0, 0.05) is 16.9 Å². The second-order valence-corrected chi connectivity index (χ2v) is 16.8. The van der Waals surface area contributed by atoms with Crippen LogP contribution in [0.1, 0.15) is 22.3 Å². The Morgan fingerprint density at radius 1 is 0.281 bits per heavy atom. The molecule has 300 valence electrons. The molecule has 1 nitrogen and oxygen atoms in total. The Bertz CT molecular complexity index is 3430. The Balaban J connectivity index is 1.04. The minimum absolute atomic E-state index is 0.511. The second kappa shape index (κ2) is 15.6. The first-order valence-electron chi connectivity index (χ1n) is 22.2. The molecule has 0 bridgehead atoms. The molecule has 0 saturated carbocycles.